The number of aromatic hydroxyl groups is 1. The summed E-state index contributed by atoms with van der Waals surface area (Å²) in [6.07, 6.45) is 0.383. The van der Waals surface area contributed by atoms with Crippen LogP contribution in [0, 0.1) is 0 Å². The average Bonchev–Trinajstić information content (AvgIpc) is 2.03. The van der Waals surface area contributed by atoms with Crippen molar-refractivity contribution < 1.29 is 22.9 Å². The van der Waals surface area contributed by atoms with Crippen LogP contribution in [-0.2, 0) is 10.1 Å². The SMILES string of the molecule is O=Cc1ccc(O)c(S(=O)(=O)[O-])c1.[Ca+2]. The number of hydrogen-bond donors (Lipinski definition) is 1. The third-order valence-electron chi connectivity index (χ3n) is 1.39. The van der Waals surface area contributed by atoms with Crippen molar-refractivity contribution in [2.45, 2.75) is 4.90 Å². The molecule has 0 atom stereocenters. The zero-order valence-corrected chi connectivity index (χ0v) is 10.0. The zero-order valence-electron chi connectivity index (χ0n) is 7.00. The summed E-state index contributed by atoms with van der Waals surface area (Å²) in [4.78, 5) is 9.44. The average molecular weight is 241 g/mol. The van der Waals surface area contributed by atoms with E-state index >= 15 is 0 Å². The fraction of sp³-hybridized carbons (Fsp3) is 0. The summed E-state index contributed by atoms with van der Waals surface area (Å²) in [6.45, 7) is 0. The first-order valence-corrected chi connectivity index (χ1v) is 4.60. The molecule has 0 aliphatic carbocycles. The molecule has 70 valence electrons. The molecule has 0 aromatic heterocycles. The minimum absolute atomic E-state index is 0. The van der Waals surface area contributed by atoms with Crippen molar-refractivity contribution in [1.29, 1.82) is 0 Å². The van der Waals surface area contributed by atoms with E-state index in [-0.39, 0.29) is 43.3 Å². The van der Waals surface area contributed by atoms with E-state index in [2.05, 4.69) is 0 Å². The van der Waals surface area contributed by atoms with Gasteiger partial charge in [0.05, 0.1) is 4.90 Å². The Labute approximate surface area is 110 Å². The number of aldehydes is 1. The van der Waals surface area contributed by atoms with Gasteiger partial charge in [-0.3, -0.25) is 4.79 Å². The van der Waals surface area contributed by atoms with E-state index in [4.69, 9.17) is 5.11 Å². The van der Waals surface area contributed by atoms with Crippen LogP contribution in [0.1, 0.15) is 10.4 Å². The summed E-state index contributed by atoms with van der Waals surface area (Å²) >= 11 is 0. The van der Waals surface area contributed by atoms with Gasteiger partial charge in [0, 0.05) is 5.56 Å². The van der Waals surface area contributed by atoms with Crippen LogP contribution in [0.25, 0.3) is 0 Å². The van der Waals surface area contributed by atoms with Crippen LogP contribution in [0.15, 0.2) is 23.1 Å². The van der Waals surface area contributed by atoms with E-state index in [9.17, 15) is 17.8 Å². The number of carbonyl (C=O) groups excluding carboxylic acids is 1. The molecular weight excluding hydrogens is 236 g/mol. The zero-order chi connectivity index (χ0) is 10.1. The first-order valence-electron chi connectivity index (χ1n) is 3.19. The molecular formula is C7H5CaO5S+. The molecule has 0 bridgehead atoms. The first-order chi connectivity index (χ1) is 5.95. The second-order valence-corrected chi connectivity index (χ2v) is 3.65. The van der Waals surface area contributed by atoms with Crippen molar-refractivity contribution in [3.05, 3.63) is 23.8 Å². The van der Waals surface area contributed by atoms with Gasteiger partial charge in [0.1, 0.15) is 22.2 Å². The Hall–Kier alpha value is -0.140. The van der Waals surface area contributed by atoms with Gasteiger partial charge in [-0.15, -0.1) is 0 Å². The van der Waals surface area contributed by atoms with Crippen LogP contribution in [0.4, 0.5) is 0 Å². The predicted molar refractivity (Wildman–Crippen MR) is 47.2 cm³/mol. The van der Waals surface area contributed by atoms with E-state index in [1.165, 1.54) is 6.07 Å². The predicted octanol–water partition coefficient (Wildman–Crippen LogP) is -0.272. The smallest absolute Gasteiger partial charge is 0.744 e. The molecule has 1 aromatic carbocycles. The van der Waals surface area contributed by atoms with Gasteiger partial charge in [0.2, 0.25) is 0 Å². The molecule has 0 radical (unpaired) electrons. The Morgan fingerprint density at radius 2 is 1.93 bits per heavy atom. The van der Waals surface area contributed by atoms with Gasteiger partial charge in [-0.2, -0.15) is 0 Å². The number of benzene rings is 1. The largest absolute Gasteiger partial charge is 2.00 e. The molecule has 1 N–H and O–H groups in total. The van der Waals surface area contributed by atoms with E-state index in [1.54, 1.807) is 0 Å². The normalized spacial score (nSPS) is 10.4. The van der Waals surface area contributed by atoms with E-state index in [0.717, 1.165) is 12.1 Å². The summed E-state index contributed by atoms with van der Waals surface area (Å²) in [6, 6.07) is 3.01. The number of hydrogen-bond acceptors (Lipinski definition) is 5. The molecule has 14 heavy (non-hydrogen) atoms. The van der Waals surface area contributed by atoms with Gasteiger partial charge in [-0.25, -0.2) is 8.42 Å². The maximum atomic E-state index is 10.5. The summed E-state index contributed by atoms with van der Waals surface area (Å²) in [7, 11) is -4.72. The molecule has 0 unspecified atom stereocenters. The molecule has 0 saturated heterocycles. The maximum Gasteiger partial charge on any atom is 2.00 e. The van der Waals surface area contributed by atoms with Crippen LogP contribution in [-0.4, -0.2) is 62.1 Å². The Bertz CT molecular complexity index is 439. The summed E-state index contributed by atoms with van der Waals surface area (Å²) in [5.41, 5.74) is 0.0206. The summed E-state index contributed by atoms with van der Waals surface area (Å²) in [5.74, 6) is -0.652. The Balaban J connectivity index is 0.00000169. The van der Waals surface area contributed by atoms with Crippen molar-refractivity contribution in [2.24, 2.45) is 0 Å². The molecule has 0 aliphatic heterocycles. The van der Waals surface area contributed by atoms with Gasteiger partial charge < -0.3 is 9.66 Å². The molecule has 1 rings (SSSR count). The van der Waals surface area contributed by atoms with Crippen molar-refractivity contribution in [2.75, 3.05) is 0 Å². The number of phenolic OH excluding ortho intramolecular Hbond substituents is 1. The summed E-state index contributed by atoms with van der Waals surface area (Å²) < 4.78 is 31.5. The fourth-order valence-electron chi connectivity index (χ4n) is 0.804. The van der Waals surface area contributed by atoms with E-state index < -0.39 is 20.8 Å². The topological polar surface area (TPSA) is 94.5 Å². The second-order valence-electron chi connectivity index (χ2n) is 2.30. The van der Waals surface area contributed by atoms with Crippen molar-refractivity contribution in [1.82, 2.24) is 0 Å². The molecule has 1 aromatic rings. The quantitative estimate of drug-likeness (QED) is 0.437. The van der Waals surface area contributed by atoms with Crippen LogP contribution in [0.3, 0.4) is 0 Å². The Kier molecular flexibility index (Phi) is 5.03. The van der Waals surface area contributed by atoms with Crippen LogP contribution >= 0.6 is 0 Å². The van der Waals surface area contributed by atoms with E-state index in [0.29, 0.717) is 6.29 Å². The number of carbonyl (C=O) groups is 1. The molecule has 0 amide bonds. The third kappa shape index (κ3) is 3.21. The van der Waals surface area contributed by atoms with Gasteiger partial charge in [-0.05, 0) is 18.2 Å². The Morgan fingerprint density at radius 3 is 2.36 bits per heavy atom. The van der Waals surface area contributed by atoms with Crippen LogP contribution in [0.5, 0.6) is 5.75 Å². The molecule has 0 spiro atoms. The van der Waals surface area contributed by atoms with Crippen molar-refractivity contribution in [3.8, 4) is 5.75 Å². The van der Waals surface area contributed by atoms with Crippen molar-refractivity contribution in [3.63, 3.8) is 0 Å². The summed E-state index contributed by atoms with van der Waals surface area (Å²) in [5, 5.41) is 8.97. The molecule has 7 heteroatoms. The van der Waals surface area contributed by atoms with Gasteiger partial charge in [0.25, 0.3) is 0 Å². The molecule has 0 saturated carbocycles. The molecule has 0 aliphatic rings. The van der Waals surface area contributed by atoms with Crippen LogP contribution in [0.2, 0.25) is 0 Å². The minimum Gasteiger partial charge on any atom is -0.744 e. The number of rotatable bonds is 2. The third-order valence-corrected chi connectivity index (χ3v) is 2.25. The molecule has 5 nitrogen and oxygen atoms in total. The van der Waals surface area contributed by atoms with Gasteiger partial charge in [0.15, 0.2) is 0 Å². The van der Waals surface area contributed by atoms with Gasteiger partial charge in [-0.1, -0.05) is 0 Å². The van der Waals surface area contributed by atoms with E-state index in [1.807, 2.05) is 0 Å². The monoisotopic (exact) mass is 241 g/mol. The Morgan fingerprint density at radius 1 is 1.36 bits per heavy atom. The second kappa shape index (κ2) is 5.09. The first kappa shape index (κ1) is 13.9. The van der Waals surface area contributed by atoms with Crippen LogP contribution < -0.4 is 0 Å². The molecule has 0 heterocycles. The molecule has 0 fully saturated rings. The van der Waals surface area contributed by atoms with Gasteiger partial charge >= 0.3 is 37.7 Å². The number of phenols is 1. The standard InChI is InChI=1S/C7H6O5S.Ca/c8-4-5-1-2-6(9)7(3-5)13(10,11)12;/h1-4,9H,(H,10,11,12);/q;+2/p-1. The maximum absolute atomic E-state index is 10.5. The minimum atomic E-state index is -4.72. The van der Waals surface area contributed by atoms with Crippen molar-refractivity contribution >= 4 is 54.1 Å². The fourth-order valence-corrected chi connectivity index (χ4v) is 1.41.